The number of aromatic nitrogens is 1. The van der Waals surface area contributed by atoms with E-state index in [1.807, 2.05) is 36.2 Å². The first kappa shape index (κ1) is 12.4. The van der Waals surface area contributed by atoms with Crippen LogP contribution in [0.15, 0.2) is 42.6 Å². The smallest absolute Gasteiger partial charge is 0.101 e. The summed E-state index contributed by atoms with van der Waals surface area (Å²) in [6.45, 7) is 0.650. The Hall–Kier alpha value is -2.05. The molecule has 2 rings (SSSR count). The molecule has 0 aliphatic heterocycles. The normalized spacial score (nSPS) is 9.83. The van der Waals surface area contributed by atoms with E-state index in [0.717, 1.165) is 11.4 Å². The zero-order valence-electron chi connectivity index (χ0n) is 9.97. The molecule has 18 heavy (non-hydrogen) atoms. The van der Waals surface area contributed by atoms with Gasteiger partial charge in [-0.1, -0.05) is 17.7 Å². The quantitative estimate of drug-likeness (QED) is 0.847. The number of pyridine rings is 1. The van der Waals surface area contributed by atoms with Gasteiger partial charge in [-0.15, -0.1) is 0 Å². The molecule has 0 spiro atoms. The second-order valence-electron chi connectivity index (χ2n) is 3.95. The fourth-order valence-electron chi connectivity index (χ4n) is 1.75. The zero-order valence-corrected chi connectivity index (χ0v) is 10.7. The predicted molar refractivity (Wildman–Crippen MR) is 72.5 cm³/mol. The summed E-state index contributed by atoms with van der Waals surface area (Å²) in [7, 11) is 1.93. The van der Waals surface area contributed by atoms with E-state index < -0.39 is 0 Å². The van der Waals surface area contributed by atoms with Crippen molar-refractivity contribution >= 4 is 17.3 Å². The molecular weight excluding hydrogens is 246 g/mol. The maximum absolute atomic E-state index is 9.11. The molecule has 0 bridgehead atoms. The third kappa shape index (κ3) is 2.79. The summed E-state index contributed by atoms with van der Waals surface area (Å²) in [5, 5.41) is 9.68. The Morgan fingerprint density at radius 3 is 2.83 bits per heavy atom. The van der Waals surface area contributed by atoms with Crippen molar-refractivity contribution < 1.29 is 0 Å². The van der Waals surface area contributed by atoms with Gasteiger partial charge in [0, 0.05) is 18.3 Å². The highest BCUT2D eigenvalue weighted by atomic mass is 35.5. The average molecular weight is 258 g/mol. The van der Waals surface area contributed by atoms with Gasteiger partial charge in [-0.05, 0) is 30.3 Å². The van der Waals surface area contributed by atoms with Crippen LogP contribution in [0, 0.1) is 11.3 Å². The first-order chi connectivity index (χ1) is 8.70. The van der Waals surface area contributed by atoms with Crippen LogP contribution in [0.3, 0.4) is 0 Å². The molecule has 0 fully saturated rings. The molecule has 2 aromatic rings. The van der Waals surface area contributed by atoms with Crippen LogP contribution in [0.1, 0.15) is 11.3 Å². The van der Waals surface area contributed by atoms with Gasteiger partial charge in [0.15, 0.2) is 0 Å². The van der Waals surface area contributed by atoms with E-state index in [4.69, 9.17) is 16.9 Å². The third-order valence-electron chi connectivity index (χ3n) is 2.62. The van der Waals surface area contributed by atoms with Crippen molar-refractivity contribution in [2.75, 3.05) is 11.9 Å². The lowest BCUT2D eigenvalue weighted by Gasteiger charge is -2.20. The highest BCUT2D eigenvalue weighted by molar-refractivity contribution is 6.30. The number of nitriles is 1. The highest BCUT2D eigenvalue weighted by Crippen LogP contribution is 2.23. The van der Waals surface area contributed by atoms with Crippen molar-refractivity contribution in [2.45, 2.75) is 6.54 Å². The second-order valence-corrected chi connectivity index (χ2v) is 4.39. The van der Waals surface area contributed by atoms with Crippen LogP contribution in [-0.4, -0.2) is 12.0 Å². The van der Waals surface area contributed by atoms with Crippen LogP contribution in [0.25, 0.3) is 0 Å². The minimum Gasteiger partial charge on any atom is -0.368 e. The fourth-order valence-corrected chi connectivity index (χ4v) is 1.92. The van der Waals surface area contributed by atoms with Gasteiger partial charge in [0.2, 0.25) is 0 Å². The SMILES string of the molecule is CN(Cc1ccccn1)c1ccc(Cl)cc1C#N. The monoisotopic (exact) mass is 257 g/mol. The summed E-state index contributed by atoms with van der Waals surface area (Å²) in [6.07, 6.45) is 1.76. The summed E-state index contributed by atoms with van der Waals surface area (Å²) in [6, 6.07) is 13.3. The van der Waals surface area contributed by atoms with Gasteiger partial charge in [-0.25, -0.2) is 0 Å². The van der Waals surface area contributed by atoms with E-state index in [9.17, 15) is 0 Å². The van der Waals surface area contributed by atoms with Crippen molar-refractivity contribution in [1.29, 1.82) is 5.26 Å². The van der Waals surface area contributed by atoms with E-state index in [2.05, 4.69) is 11.1 Å². The van der Waals surface area contributed by atoms with Gasteiger partial charge in [-0.2, -0.15) is 5.26 Å². The summed E-state index contributed by atoms with van der Waals surface area (Å²) in [4.78, 5) is 6.25. The predicted octanol–water partition coefficient (Wildman–Crippen LogP) is 3.24. The topological polar surface area (TPSA) is 39.9 Å². The standard InChI is InChI=1S/C14H12ClN3/c1-18(10-13-4-2-3-7-17-13)14-6-5-12(15)8-11(14)9-16/h2-8H,10H2,1H3. The number of rotatable bonds is 3. The van der Waals surface area contributed by atoms with Crippen molar-refractivity contribution in [3.05, 3.63) is 58.9 Å². The number of hydrogen-bond acceptors (Lipinski definition) is 3. The van der Waals surface area contributed by atoms with E-state index in [1.165, 1.54) is 0 Å². The molecule has 3 nitrogen and oxygen atoms in total. The number of halogens is 1. The van der Waals surface area contributed by atoms with Crippen LogP contribution in [0.4, 0.5) is 5.69 Å². The first-order valence-corrected chi connectivity index (χ1v) is 5.89. The molecule has 0 unspecified atom stereocenters. The van der Waals surface area contributed by atoms with Crippen LogP contribution in [0.5, 0.6) is 0 Å². The molecule has 0 radical (unpaired) electrons. The van der Waals surface area contributed by atoms with Gasteiger partial charge >= 0.3 is 0 Å². The molecule has 1 aromatic heterocycles. The van der Waals surface area contributed by atoms with Crippen molar-refractivity contribution in [2.24, 2.45) is 0 Å². The number of anilines is 1. The Kier molecular flexibility index (Phi) is 3.81. The van der Waals surface area contributed by atoms with E-state index in [-0.39, 0.29) is 0 Å². The Bertz CT molecular complexity index is 575. The third-order valence-corrected chi connectivity index (χ3v) is 2.85. The minimum absolute atomic E-state index is 0.570. The van der Waals surface area contributed by atoms with E-state index in [0.29, 0.717) is 17.1 Å². The molecular formula is C14H12ClN3. The first-order valence-electron chi connectivity index (χ1n) is 5.51. The molecule has 0 aliphatic carbocycles. The average Bonchev–Trinajstić information content (AvgIpc) is 2.39. The summed E-state index contributed by atoms with van der Waals surface area (Å²) >= 11 is 5.88. The molecule has 1 aromatic carbocycles. The lowest BCUT2D eigenvalue weighted by Crippen LogP contribution is -2.18. The van der Waals surface area contributed by atoms with E-state index in [1.54, 1.807) is 18.3 Å². The Labute approximate surface area is 111 Å². The number of nitrogens with zero attached hydrogens (tertiary/aromatic N) is 3. The molecule has 0 saturated heterocycles. The Morgan fingerprint density at radius 1 is 1.33 bits per heavy atom. The number of hydrogen-bond donors (Lipinski definition) is 0. The van der Waals surface area contributed by atoms with Gasteiger partial charge < -0.3 is 4.90 Å². The maximum Gasteiger partial charge on any atom is 0.101 e. The Balaban J connectivity index is 2.24. The van der Waals surface area contributed by atoms with Crippen LogP contribution in [0.2, 0.25) is 5.02 Å². The molecule has 90 valence electrons. The maximum atomic E-state index is 9.11. The van der Waals surface area contributed by atoms with Crippen molar-refractivity contribution in [3.63, 3.8) is 0 Å². The molecule has 0 N–H and O–H groups in total. The highest BCUT2D eigenvalue weighted by Gasteiger charge is 2.08. The van der Waals surface area contributed by atoms with Crippen LogP contribution < -0.4 is 4.90 Å². The summed E-state index contributed by atoms with van der Waals surface area (Å²) in [5.74, 6) is 0. The van der Waals surface area contributed by atoms with E-state index >= 15 is 0 Å². The molecule has 4 heteroatoms. The van der Waals surface area contributed by atoms with Crippen LogP contribution >= 0.6 is 11.6 Å². The molecule has 1 heterocycles. The largest absolute Gasteiger partial charge is 0.368 e. The van der Waals surface area contributed by atoms with Gasteiger partial charge in [0.05, 0.1) is 23.5 Å². The van der Waals surface area contributed by atoms with Gasteiger partial charge in [-0.3, -0.25) is 4.98 Å². The molecule has 0 atom stereocenters. The van der Waals surface area contributed by atoms with Gasteiger partial charge in [0.25, 0.3) is 0 Å². The van der Waals surface area contributed by atoms with Crippen LogP contribution in [-0.2, 0) is 6.54 Å². The fraction of sp³-hybridized carbons (Fsp3) is 0.143. The van der Waals surface area contributed by atoms with Crippen molar-refractivity contribution in [3.8, 4) is 6.07 Å². The van der Waals surface area contributed by atoms with Gasteiger partial charge in [0.1, 0.15) is 6.07 Å². The summed E-state index contributed by atoms with van der Waals surface area (Å²) < 4.78 is 0. The number of benzene rings is 1. The lowest BCUT2D eigenvalue weighted by atomic mass is 10.1. The second kappa shape index (κ2) is 5.52. The van der Waals surface area contributed by atoms with Crippen molar-refractivity contribution in [1.82, 2.24) is 4.98 Å². The zero-order chi connectivity index (χ0) is 13.0. The molecule has 0 aliphatic rings. The molecule has 0 saturated carbocycles. The lowest BCUT2D eigenvalue weighted by molar-refractivity contribution is 0.883. The minimum atomic E-state index is 0.570. The Morgan fingerprint density at radius 2 is 2.17 bits per heavy atom. The molecule has 0 amide bonds. The summed E-state index contributed by atoms with van der Waals surface area (Å²) in [5.41, 5.74) is 2.38.